The SMILES string of the molecule is C#Cc1cccc(NC(=O)C2CCC2C(=O)O)c1.C#Cc1cccc(NC(C)=O)c1.CC(=O)O. The Kier molecular flexibility index (Phi) is 11.1. The summed E-state index contributed by atoms with van der Waals surface area (Å²) in [6, 6.07) is 14.1. The van der Waals surface area contributed by atoms with Crippen LogP contribution in [0.5, 0.6) is 0 Å². The minimum Gasteiger partial charge on any atom is -0.481 e. The van der Waals surface area contributed by atoms with Crippen LogP contribution in [-0.4, -0.2) is 34.0 Å². The van der Waals surface area contributed by atoms with Crippen molar-refractivity contribution in [2.45, 2.75) is 26.7 Å². The van der Waals surface area contributed by atoms with Gasteiger partial charge in [-0.2, -0.15) is 0 Å². The van der Waals surface area contributed by atoms with Crippen LogP contribution in [0, 0.1) is 36.5 Å². The number of rotatable bonds is 4. The second-order valence-corrected chi connectivity index (χ2v) is 7.27. The molecule has 0 saturated heterocycles. The Labute approximate surface area is 198 Å². The monoisotopic (exact) mass is 462 g/mol. The summed E-state index contributed by atoms with van der Waals surface area (Å²) >= 11 is 0. The maximum atomic E-state index is 11.9. The van der Waals surface area contributed by atoms with Gasteiger partial charge in [0.25, 0.3) is 5.97 Å². The third-order valence-electron chi connectivity index (χ3n) is 4.57. The summed E-state index contributed by atoms with van der Waals surface area (Å²) in [6.45, 7) is 2.54. The molecule has 176 valence electrons. The zero-order valence-electron chi connectivity index (χ0n) is 18.9. The average Bonchev–Trinajstić information content (AvgIpc) is 2.72. The molecule has 8 nitrogen and oxygen atoms in total. The molecule has 0 radical (unpaired) electrons. The van der Waals surface area contributed by atoms with Crippen LogP contribution < -0.4 is 10.6 Å². The normalized spacial score (nSPS) is 15.2. The maximum Gasteiger partial charge on any atom is 0.307 e. The van der Waals surface area contributed by atoms with E-state index in [1.54, 1.807) is 42.5 Å². The highest BCUT2D eigenvalue weighted by atomic mass is 16.4. The zero-order chi connectivity index (χ0) is 25.7. The summed E-state index contributed by atoms with van der Waals surface area (Å²) in [5, 5.41) is 21.7. The molecule has 2 amide bonds. The van der Waals surface area contributed by atoms with Crippen molar-refractivity contribution < 1.29 is 29.4 Å². The largest absolute Gasteiger partial charge is 0.481 e. The van der Waals surface area contributed by atoms with Gasteiger partial charge in [-0.15, -0.1) is 12.8 Å². The maximum absolute atomic E-state index is 11.9. The van der Waals surface area contributed by atoms with Crippen LogP contribution in [0.2, 0.25) is 0 Å². The molecule has 0 heterocycles. The number of carboxylic acid groups (broad SMARTS) is 2. The van der Waals surface area contributed by atoms with Gasteiger partial charge >= 0.3 is 5.97 Å². The zero-order valence-corrected chi connectivity index (χ0v) is 18.9. The summed E-state index contributed by atoms with van der Waals surface area (Å²) in [5.41, 5.74) is 2.78. The molecule has 1 fully saturated rings. The molecule has 2 atom stereocenters. The first kappa shape index (κ1) is 27.5. The second kappa shape index (κ2) is 13.8. The smallest absolute Gasteiger partial charge is 0.307 e. The van der Waals surface area contributed by atoms with Gasteiger partial charge in [-0.3, -0.25) is 19.2 Å². The number of carboxylic acids is 2. The number of hydrogen-bond acceptors (Lipinski definition) is 4. The number of terminal acetylenes is 2. The number of carbonyl (C=O) groups excluding carboxylic acids is 2. The fraction of sp³-hybridized carbons (Fsp3) is 0.231. The van der Waals surface area contributed by atoms with Crippen molar-refractivity contribution in [1.82, 2.24) is 0 Å². The van der Waals surface area contributed by atoms with E-state index in [-0.39, 0.29) is 11.8 Å². The van der Waals surface area contributed by atoms with Gasteiger partial charge in [-0.25, -0.2) is 0 Å². The first-order chi connectivity index (χ1) is 16.1. The number of hydrogen-bond donors (Lipinski definition) is 4. The van der Waals surface area contributed by atoms with E-state index in [4.69, 9.17) is 27.9 Å². The third-order valence-corrected chi connectivity index (χ3v) is 4.57. The van der Waals surface area contributed by atoms with Crippen LogP contribution in [0.15, 0.2) is 48.5 Å². The van der Waals surface area contributed by atoms with E-state index >= 15 is 0 Å². The van der Waals surface area contributed by atoms with Gasteiger partial charge < -0.3 is 20.8 Å². The Morgan fingerprint density at radius 2 is 1.26 bits per heavy atom. The third kappa shape index (κ3) is 9.71. The molecule has 0 bridgehead atoms. The van der Waals surface area contributed by atoms with Gasteiger partial charge in [0.05, 0.1) is 11.8 Å². The highest BCUT2D eigenvalue weighted by molar-refractivity contribution is 5.96. The van der Waals surface area contributed by atoms with Gasteiger partial charge in [0, 0.05) is 36.3 Å². The molecule has 0 aliphatic heterocycles. The molecule has 0 spiro atoms. The Morgan fingerprint density at radius 1 is 0.824 bits per heavy atom. The quantitative estimate of drug-likeness (QED) is 0.515. The van der Waals surface area contributed by atoms with Crippen LogP contribution in [0.3, 0.4) is 0 Å². The second-order valence-electron chi connectivity index (χ2n) is 7.27. The lowest BCUT2D eigenvalue weighted by atomic mass is 9.73. The molecule has 1 saturated carbocycles. The van der Waals surface area contributed by atoms with Crippen LogP contribution in [0.4, 0.5) is 11.4 Å². The summed E-state index contributed by atoms with van der Waals surface area (Å²) in [5.74, 6) is 1.90. The molecule has 1 aliphatic rings. The lowest BCUT2D eigenvalue weighted by molar-refractivity contribution is -0.151. The van der Waals surface area contributed by atoms with Gasteiger partial charge in [0.1, 0.15) is 0 Å². The lowest BCUT2D eigenvalue weighted by Gasteiger charge is -2.31. The fourth-order valence-corrected chi connectivity index (χ4v) is 2.92. The molecule has 8 heteroatoms. The number of carbonyl (C=O) groups is 4. The molecular weight excluding hydrogens is 436 g/mol. The van der Waals surface area contributed by atoms with Crippen LogP contribution >= 0.6 is 0 Å². The number of benzene rings is 2. The molecule has 4 N–H and O–H groups in total. The van der Waals surface area contributed by atoms with Crippen molar-refractivity contribution in [2.75, 3.05) is 10.6 Å². The van der Waals surface area contributed by atoms with E-state index < -0.39 is 23.8 Å². The lowest BCUT2D eigenvalue weighted by Crippen LogP contribution is -2.41. The van der Waals surface area contributed by atoms with Crippen molar-refractivity contribution >= 4 is 35.1 Å². The number of aliphatic carboxylic acids is 2. The van der Waals surface area contributed by atoms with Crippen molar-refractivity contribution in [3.05, 3.63) is 59.7 Å². The number of anilines is 2. The highest BCUT2D eigenvalue weighted by Crippen LogP contribution is 2.35. The molecule has 34 heavy (non-hydrogen) atoms. The Morgan fingerprint density at radius 3 is 1.62 bits per heavy atom. The van der Waals surface area contributed by atoms with Gasteiger partial charge in [-0.1, -0.05) is 24.0 Å². The minimum atomic E-state index is -0.904. The van der Waals surface area contributed by atoms with Crippen molar-refractivity contribution in [1.29, 1.82) is 0 Å². The average molecular weight is 463 g/mol. The van der Waals surface area contributed by atoms with E-state index in [1.807, 2.05) is 6.07 Å². The van der Waals surface area contributed by atoms with Crippen LogP contribution in [0.1, 0.15) is 37.8 Å². The molecule has 2 unspecified atom stereocenters. The summed E-state index contributed by atoms with van der Waals surface area (Å²) in [4.78, 5) is 42.4. The Balaban J connectivity index is 0.000000312. The molecule has 2 aromatic rings. The molecule has 1 aliphatic carbocycles. The van der Waals surface area contributed by atoms with Crippen LogP contribution in [0.25, 0.3) is 0 Å². The summed E-state index contributed by atoms with van der Waals surface area (Å²) in [7, 11) is 0. The van der Waals surface area contributed by atoms with E-state index in [9.17, 15) is 14.4 Å². The van der Waals surface area contributed by atoms with Gasteiger partial charge in [-0.05, 0) is 49.2 Å². The first-order valence-electron chi connectivity index (χ1n) is 10.2. The predicted molar refractivity (Wildman–Crippen MR) is 129 cm³/mol. The molecule has 2 aromatic carbocycles. The van der Waals surface area contributed by atoms with Crippen molar-refractivity contribution in [2.24, 2.45) is 11.8 Å². The Hall–Kier alpha value is -4.56. The van der Waals surface area contributed by atoms with E-state index in [2.05, 4.69) is 22.5 Å². The van der Waals surface area contributed by atoms with Crippen molar-refractivity contribution in [3.8, 4) is 24.7 Å². The topological polar surface area (TPSA) is 133 Å². The van der Waals surface area contributed by atoms with Crippen molar-refractivity contribution in [3.63, 3.8) is 0 Å². The molecule has 0 aromatic heterocycles. The predicted octanol–water partition coefficient (Wildman–Crippen LogP) is 3.43. The van der Waals surface area contributed by atoms with Crippen LogP contribution in [-0.2, 0) is 19.2 Å². The molecular formula is C26H26N2O6. The summed E-state index contributed by atoms with van der Waals surface area (Å²) < 4.78 is 0. The number of amides is 2. The fourth-order valence-electron chi connectivity index (χ4n) is 2.92. The van der Waals surface area contributed by atoms with Gasteiger partial charge in [0.2, 0.25) is 11.8 Å². The minimum absolute atomic E-state index is 0.0934. The highest BCUT2D eigenvalue weighted by Gasteiger charge is 2.41. The van der Waals surface area contributed by atoms with E-state index in [0.29, 0.717) is 24.1 Å². The Bertz CT molecular complexity index is 1120. The van der Waals surface area contributed by atoms with Gasteiger partial charge in [0.15, 0.2) is 0 Å². The first-order valence-corrected chi connectivity index (χ1v) is 10.2. The summed E-state index contributed by atoms with van der Waals surface area (Å²) in [6.07, 6.45) is 11.6. The number of nitrogens with one attached hydrogen (secondary N) is 2. The van der Waals surface area contributed by atoms with E-state index in [0.717, 1.165) is 18.2 Å². The van der Waals surface area contributed by atoms with E-state index in [1.165, 1.54) is 6.92 Å². The molecule has 3 rings (SSSR count). The standard InChI is InChI=1S/C14H13NO3.C10H9NO.C2H4O2/c1-2-9-4-3-5-10(8-9)15-13(16)11-6-7-12(11)14(17)18;1-3-9-5-4-6-10(7-9)11-8(2)12;1-2(3)4/h1,3-5,8,11-12H,6-7H2,(H,15,16)(H,17,18);1,4-7H,2H3,(H,11,12);1H3,(H,3,4).